The molecule has 7 rings (SSSR count). The van der Waals surface area contributed by atoms with Crippen molar-refractivity contribution < 1.29 is 14.3 Å². The number of likely N-dealkylation sites (tertiary alicyclic amines) is 1. The number of carbonyl (C=O) groups is 1. The summed E-state index contributed by atoms with van der Waals surface area (Å²) in [7, 11) is 0. The summed E-state index contributed by atoms with van der Waals surface area (Å²) in [6, 6.07) is 2.27. The lowest BCUT2D eigenvalue weighted by molar-refractivity contribution is -0.127. The van der Waals surface area contributed by atoms with Crippen molar-refractivity contribution in [1.82, 2.24) is 29.8 Å². The predicted molar refractivity (Wildman–Crippen MR) is 168 cm³/mol. The van der Waals surface area contributed by atoms with Crippen LogP contribution in [0.25, 0.3) is 22.0 Å². The second-order valence-electron chi connectivity index (χ2n) is 12.7. The molecule has 3 aliphatic heterocycles. The fraction of sp³-hybridized carbons (Fsp3) is 0.594. The number of amides is 1. The highest BCUT2D eigenvalue weighted by molar-refractivity contribution is 6.36. The maximum Gasteiger partial charge on any atom is 0.245 e. The number of carbonyl (C=O) groups excluding carboxylic acids is 1. The third-order valence-electron chi connectivity index (χ3n) is 10.2. The molecule has 5 heterocycles. The first-order chi connectivity index (χ1) is 20.9. The Labute approximate surface area is 257 Å². The van der Waals surface area contributed by atoms with Crippen molar-refractivity contribution in [3.8, 4) is 11.1 Å². The number of piperazine rings is 1. The van der Waals surface area contributed by atoms with Crippen LogP contribution in [0.4, 0.5) is 5.82 Å². The number of fused-ring (bicyclic) bond motifs is 1. The summed E-state index contributed by atoms with van der Waals surface area (Å²) in [5.41, 5.74) is 5.24. The molecule has 2 aromatic heterocycles. The molecule has 1 saturated carbocycles. The zero-order valence-corrected chi connectivity index (χ0v) is 26.0. The number of nitrogens with one attached hydrogen (secondary N) is 1. The molecular formula is C32H42ClN7O3. The van der Waals surface area contributed by atoms with Gasteiger partial charge in [0.2, 0.25) is 5.91 Å². The van der Waals surface area contributed by atoms with Gasteiger partial charge in [-0.3, -0.25) is 19.5 Å². The van der Waals surface area contributed by atoms with Gasteiger partial charge < -0.3 is 19.3 Å². The number of anilines is 1. The van der Waals surface area contributed by atoms with E-state index in [9.17, 15) is 4.79 Å². The zero-order valence-electron chi connectivity index (χ0n) is 25.3. The summed E-state index contributed by atoms with van der Waals surface area (Å²) in [4.78, 5) is 19.4. The van der Waals surface area contributed by atoms with Gasteiger partial charge >= 0.3 is 0 Å². The number of ether oxygens (including phenoxy) is 2. The van der Waals surface area contributed by atoms with Crippen LogP contribution in [0.5, 0.6) is 0 Å². The molecule has 0 radical (unpaired) electrons. The van der Waals surface area contributed by atoms with Gasteiger partial charge in [-0.1, -0.05) is 18.2 Å². The van der Waals surface area contributed by atoms with Crippen LogP contribution in [0.15, 0.2) is 24.9 Å². The first-order valence-corrected chi connectivity index (χ1v) is 16.1. The molecule has 230 valence electrons. The van der Waals surface area contributed by atoms with Gasteiger partial charge in [0.15, 0.2) is 5.82 Å². The molecule has 1 atom stereocenters. The first kappa shape index (κ1) is 28.8. The van der Waals surface area contributed by atoms with E-state index >= 15 is 0 Å². The molecule has 10 nitrogen and oxygen atoms in total. The molecule has 0 unspecified atom stereocenters. The fourth-order valence-corrected chi connectivity index (χ4v) is 7.98. The highest BCUT2D eigenvalue weighted by Crippen LogP contribution is 2.49. The van der Waals surface area contributed by atoms with Gasteiger partial charge in [-0.15, -0.1) is 0 Å². The minimum Gasteiger partial charge on any atom is -0.376 e. The Hall–Kier alpha value is -2.92. The number of benzene rings is 1. The molecule has 1 aromatic carbocycles. The quantitative estimate of drug-likeness (QED) is 0.412. The number of nitrogens with zero attached hydrogens (tertiary/aromatic N) is 6. The highest BCUT2D eigenvalue weighted by atomic mass is 35.5. The third kappa shape index (κ3) is 5.06. The van der Waals surface area contributed by atoms with E-state index in [1.165, 1.54) is 12.5 Å². The summed E-state index contributed by atoms with van der Waals surface area (Å²) >= 11 is 7.18. The lowest BCUT2D eigenvalue weighted by Crippen LogP contribution is -2.67. The normalized spacial score (nSPS) is 23.2. The van der Waals surface area contributed by atoms with Gasteiger partial charge in [0.1, 0.15) is 0 Å². The SMILES string of the molecule is C=CC(=O)N1CCC(n2nc(N3CCN(C[C@@H]4COCCO4)CC34CCC4)c(-c3c(Cl)c(C)cc4[nH]ncc34)c2C)CC1. The minimum absolute atomic E-state index is 0.000827. The monoisotopic (exact) mass is 607 g/mol. The summed E-state index contributed by atoms with van der Waals surface area (Å²) in [6.45, 7) is 15.1. The first-order valence-electron chi connectivity index (χ1n) is 15.7. The zero-order chi connectivity index (χ0) is 29.7. The lowest BCUT2D eigenvalue weighted by atomic mass is 9.73. The topological polar surface area (TPSA) is 91.8 Å². The largest absolute Gasteiger partial charge is 0.376 e. The average Bonchev–Trinajstić information content (AvgIpc) is 3.61. The van der Waals surface area contributed by atoms with Crippen molar-refractivity contribution in [2.24, 2.45) is 0 Å². The van der Waals surface area contributed by atoms with Crippen LogP contribution in [0, 0.1) is 13.8 Å². The van der Waals surface area contributed by atoms with Crippen LogP contribution in [0.2, 0.25) is 5.02 Å². The molecule has 43 heavy (non-hydrogen) atoms. The van der Waals surface area contributed by atoms with Crippen molar-refractivity contribution in [3.05, 3.63) is 41.2 Å². The van der Waals surface area contributed by atoms with Crippen LogP contribution in [-0.4, -0.2) is 106 Å². The highest BCUT2D eigenvalue weighted by Gasteiger charge is 2.49. The number of hydrogen-bond donors (Lipinski definition) is 1. The Kier molecular flexibility index (Phi) is 7.74. The summed E-state index contributed by atoms with van der Waals surface area (Å²) in [5, 5.41) is 14.8. The Balaban J connectivity index is 1.28. The standard InChI is InChI=1S/C32H42ClN7O3/c1-4-27(41)38-10-6-23(7-11-38)40-22(3)28(29-25-17-34-35-26(25)16-21(2)30(29)33)31(36-40)39-13-12-37(20-32(39)8-5-9-32)18-24-19-42-14-15-43-24/h4,16-17,23-24H,1,5-15,18-20H2,2-3H3,(H,34,35)/t24-/m1/s1. The Morgan fingerprint density at radius 3 is 2.70 bits per heavy atom. The number of H-pyrrole nitrogens is 1. The van der Waals surface area contributed by atoms with Crippen molar-refractivity contribution in [2.75, 3.05) is 64.0 Å². The third-order valence-corrected chi connectivity index (χ3v) is 10.6. The average molecular weight is 608 g/mol. The second-order valence-corrected chi connectivity index (χ2v) is 13.1. The Morgan fingerprint density at radius 2 is 2.00 bits per heavy atom. The van der Waals surface area contributed by atoms with Crippen LogP contribution in [0.1, 0.15) is 49.4 Å². The number of halogens is 1. The maximum atomic E-state index is 12.3. The van der Waals surface area contributed by atoms with E-state index in [-0.39, 0.29) is 23.6 Å². The number of aromatic amines is 1. The fourth-order valence-electron chi connectivity index (χ4n) is 7.73. The van der Waals surface area contributed by atoms with E-state index in [4.69, 9.17) is 26.2 Å². The predicted octanol–water partition coefficient (Wildman–Crippen LogP) is 4.51. The maximum absolute atomic E-state index is 12.3. The second kappa shape index (κ2) is 11.5. The molecule has 1 amide bonds. The van der Waals surface area contributed by atoms with Gasteiger partial charge in [-0.05, 0) is 63.7 Å². The van der Waals surface area contributed by atoms with E-state index in [0.29, 0.717) is 32.9 Å². The van der Waals surface area contributed by atoms with E-state index < -0.39 is 0 Å². The van der Waals surface area contributed by atoms with Crippen LogP contribution in [-0.2, 0) is 14.3 Å². The minimum atomic E-state index is 0.000827. The van der Waals surface area contributed by atoms with E-state index in [1.807, 2.05) is 11.1 Å². The van der Waals surface area contributed by atoms with Crippen molar-refractivity contribution in [2.45, 2.75) is 63.6 Å². The van der Waals surface area contributed by atoms with Crippen molar-refractivity contribution >= 4 is 34.2 Å². The molecule has 1 spiro atoms. The molecule has 4 fully saturated rings. The lowest BCUT2D eigenvalue weighted by Gasteiger charge is -2.56. The smallest absolute Gasteiger partial charge is 0.245 e. The summed E-state index contributed by atoms with van der Waals surface area (Å²) in [6.07, 6.45) is 8.64. The molecular weight excluding hydrogens is 566 g/mol. The van der Waals surface area contributed by atoms with Crippen LogP contribution in [0.3, 0.4) is 0 Å². The number of aromatic nitrogens is 4. The van der Waals surface area contributed by atoms with E-state index in [0.717, 1.165) is 96.0 Å². The molecule has 0 bridgehead atoms. The molecule has 3 aromatic rings. The number of rotatable bonds is 6. The van der Waals surface area contributed by atoms with Crippen LogP contribution >= 0.6 is 11.6 Å². The van der Waals surface area contributed by atoms with Crippen LogP contribution < -0.4 is 4.90 Å². The van der Waals surface area contributed by atoms with E-state index in [1.54, 1.807) is 0 Å². The van der Waals surface area contributed by atoms with Gasteiger partial charge in [0.25, 0.3) is 0 Å². The molecule has 4 aliphatic rings. The van der Waals surface area contributed by atoms with Gasteiger partial charge in [-0.25, -0.2) is 0 Å². The number of piperidine rings is 1. The number of aryl methyl sites for hydroxylation is 1. The Morgan fingerprint density at radius 1 is 1.19 bits per heavy atom. The Bertz CT molecular complexity index is 1510. The molecule has 1 N–H and O–H groups in total. The van der Waals surface area contributed by atoms with Gasteiger partial charge in [0.05, 0.1) is 54.2 Å². The van der Waals surface area contributed by atoms with Crippen molar-refractivity contribution in [1.29, 1.82) is 0 Å². The summed E-state index contributed by atoms with van der Waals surface area (Å²) < 4.78 is 13.9. The molecule has 11 heteroatoms. The van der Waals surface area contributed by atoms with Gasteiger partial charge in [-0.2, -0.15) is 10.2 Å². The summed E-state index contributed by atoms with van der Waals surface area (Å²) in [5.74, 6) is 1.02. The molecule has 3 saturated heterocycles. The number of hydrogen-bond acceptors (Lipinski definition) is 7. The van der Waals surface area contributed by atoms with Crippen molar-refractivity contribution in [3.63, 3.8) is 0 Å². The molecule has 1 aliphatic carbocycles. The van der Waals surface area contributed by atoms with E-state index in [2.05, 4.69) is 51.2 Å². The van der Waals surface area contributed by atoms with Gasteiger partial charge in [0, 0.05) is 61.5 Å².